The lowest BCUT2D eigenvalue weighted by Crippen LogP contribution is -2.30. The van der Waals surface area contributed by atoms with Crippen LogP contribution in [0.5, 0.6) is 0 Å². The number of halogens is 2. The Hall–Kier alpha value is -1.00. The molecule has 0 aromatic heterocycles. The van der Waals surface area contributed by atoms with E-state index in [1.165, 1.54) is 19.3 Å². The minimum atomic E-state index is -0.995. The summed E-state index contributed by atoms with van der Waals surface area (Å²) < 4.78 is 26.3. The number of benzene rings is 1. The van der Waals surface area contributed by atoms with Gasteiger partial charge in [0.25, 0.3) is 0 Å². The van der Waals surface area contributed by atoms with Crippen molar-refractivity contribution in [2.75, 3.05) is 13.1 Å². The zero-order chi connectivity index (χ0) is 12.3. The van der Waals surface area contributed by atoms with Crippen LogP contribution in [-0.4, -0.2) is 18.2 Å². The highest BCUT2D eigenvalue weighted by Gasteiger charge is 2.18. The summed E-state index contributed by atoms with van der Waals surface area (Å²) in [6.07, 6.45) is 2.72. The van der Waals surface area contributed by atoms with E-state index in [1.54, 1.807) is 0 Å². The number of hydrogen-bond acceptors (Lipinski definition) is 2. The number of aliphatic hydroxyl groups is 1. The molecule has 0 bridgehead atoms. The van der Waals surface area contributed by atoms with Crippen LogP contribution < -0.4 is 5.32 Å². The van der Waals surface area contributed by atoms with Gasteiger partial charge in [-0.05, 0) is 43.5 Å². The zero-order valence-corrected chi connectivity index (χ0v) is 9.63. The highest BCUT2D eigenvalue weighted by molar-refractivity contribution is 5.21. The SMILES string of the molecule is OC(CNCC1CCC1)c1cc(F)ccc1F. The van der Waals surface area contributed by atoms with Gasteiger partial charge in [0.15, 0.2) is 0 Å². The molecule has 4 heteroatoms. The van der Waals surface area contributed by atoms with Gasteiger partial charge < -0.3 is 10.4 Å². The number of nitrogens with one attached hydrogen (secondary N) is 1. The Morgan fingerprint density at radius 3 is 2.76 bits per heavy atom. The first kappa shape index (κ1) is 12.5. The van der Waals surface area contributed by atoms with Gasteiger partial charge >= 0.3 is 0 Å². The van der Waals surface area contributed by atoms with Crippen molar-refractivity contribution in [3.8, 4) is 0 Å². The molecule has 17 heavy (non-hydrogen) atoms. The molecular weight excluding hydrogens is 224 g/mol. The topological polar surface area (TPSA) is 32.3 Å². The van der Waals surface area contributed by atoms with Crippen LogP contribution in [0, 0.1) is 17.6 Å². The molecule has 0 heterocycles. The molecule has 2 nitrogen and oxygen atoms in total. The van der Waals surface area contributed by atoms with E-state index in [1.807, 2.05) is 0 Å². The van der Waals surface area contributed by atoms with Crippen LogP contribution in [0.1, 0.15) is 30.9 Å². The van der Waals surface area contributed by atoms with E-state index < -0.39 is 17.7 Å². The maximum atomic E-state index is 13.3. The van der Waals surface area contributed by atoms with Crippen molar-refractivity contribution < 1.29 is 13.9 Å². The Labute approximate surface area is 99.7 Å². The van der Waals surface area contributed by atoms with E-state index in [9.17, 15) is 13.9 Å². The molecule has 94 valence electrons. The maximum Gasteiger partial charge on any atom is 0.129 e. The van der Waals surface area contributed by atoms with Crippen LogP contribution in [0.4, 0.5) is 8.78 Å². The second-order valence-electron chi connectivity index (χ2n) is 4.64. The quantitative estimate of drug-likeness (QED) is 0.829. The first-order valence-electron chi connectivity index (χ1n) is 6.00. The molecule has 1 saturated carbocycles. The zero-order valence-electron chi connectivity index (χ0n) is 9.63. The van der Waals surface area contributed by atoms with E-state index in [-0.39, 0.29) is 12.1 Å². The van der Waals surface area contributed by atoms with E-state index >= 15 is 0 Å². The van der Waals surface area contributed by atoms with Crippen LogP contribution >= 0.6 is 0 Å². The summed E-state index contributed by atoms with van der Waals surface area (Å²) in [5.74, 6) is -0.414. The minimum absolute atomic E-state index is 0.0195. The van der Waals surface area contributed by atoms with Gasteiger partial charge in [0.1, 0.15) is 11.6 Å². The molecule has 1 aromatic carbocycles. The van der Waals surface area contributed by atoms with Gasteiger partial charge in [-0.25, -0.2) is 8.78 Å². The third kappa shape index (κ3) is 3.23. The fourth-order valence-corrected chi connectivity index (χ4v) is 2.00. The fourth-order valence-electron chi connectivity index (χ4n) is 2.00. The summed E-state index contributed by atoms with van der Waals surface area (Å²) in [6.45, 7) is 1.10. The van der Waals surface area contributed by atoms with Crippen LogP contribution in [0.15, 0.2) is 18.2 Å². The molecule has 0 radical (unpaired) electrons. The predicted octanol–water partition coefficient (Wildman–Crippen LogP) is 2.39. The van der Waals surface area contributed by atoms with Crippen molar-refractivity contribution in [2.45, 2.75) is 25.4 Å². The molecular formula is C13H17F2NO. The van der Waals surface area contributed by atoms with Crippen molar-refractivity contribution in [2.24, 2.45) is 5.92 Å². The monoisotopic (exact) mass is 241 g/mol. The molecule has 1 aromatic rings. The summed E-state index contributed by atoms with van der Waals surface area (Å²) in [7, 11) is 0. The van der Waals surface area contributed by atoms with Gasteiger partial charge in [0.2, 0.25) is 0 Å². The van der Waals surface area contributed by atoms with Crippen LogP contribution in [0.2, 0.25) is 0 Å². The molecule has 0 saturated heterocycles. The Kier molecular flexibility index (Phi) is 4.07. The van der Waals surface area contributed by atoms with Crippen molar-refractivity contribution >= 4 is 0 Å². The third-order valence-corrected chi connectivity index (χ3v) is 3.31. The van der Waals surface area contributed by atoms with Crippen LogP contribution in [0.3, 0.4) is 0 Å². The lowest BCUT2D eigenvalue weighted by Gasteiger charge is -2.26. The molecule has 0 amide bonds. The standard InChI is InChI=1S/C13H17F2NO/c14-10-4-5-12(15)11(6-10)13(17)8-16-7-9-2-1-3-9/h4-6,9,13,16-17H,1-3,7-8H2. The highest BCUT2D eigenvalue weighted by atomic mass is 19.1. The largest absolute Gasteiger partial charge is 0.387 e. The summed E-state index contributed by atoms with van der Waals surface area (Å²) in [6, 6.07) is 3.14. The molecule has 1 aliphatic rings. The van der Waals surface area contributed by atoms with Crippen molar-refractivity contribution in [1.82, 2.24) is 5.32 Å². The van der Waals surface area contributed by atoms with Gasteiger partial charge in [0.05, 0.1) is 6.10 Å². The minimum Gasteiger partial charge on any atom is -0.387 e. The van der Waals surface area contributed by atoms with E-state index in [0.717, 1.165) is 24.7 Å². The van der Waals surface area contributed by atoms with Gasteiger partial charge in [-0.1, -0.05) is 6.42 Å². The molecule has 2 N–H and O–H groups in total. The summed E-state index contributed by atoms with van der Waals surface area (Å²) in [5, 5.41) is 12.9. The lowest BCUT2D eigenvalue weighted by molar-refractivity contribution is 0.163. The molecule has 2 rings (SSSR count). The number of rotatable bonds is 5. The van der Waals surface area contributed by atoms with Crippen molar-refractivity contribution in [1.29, 1.82) is 0 Å². The van der Waals surface area contributed by atoms with Gasteiger partial charge in [-0.2, -0.15) is 0 Å². The average Bonchev–Trinajstić information content (AvgIpc) is 2.25. The Balaban J connectivity index is 1.85. The van der Waals surface area contributed by atoms with Gasteiger partial charge in [-0.15, -0.1) is 0 Å². The second-order valence-corrected chi connectivity index (χ2v) is 4.64. The maximum absolute atomic E-state index is 13.3. The van der Waals surface area contributed by atoms with Crippen LogP contribution in [0.25, 0.3) is 0 Å². The Bertz CT molecular complexity index is 380. The van der Waals surface area contributed by atoms with Crippen molar-refractivity contribution in [3.63, 3.8) is 0 Å². The fraction of sp³-hybridized carbons (Fsp3) is 0.538. The summed E-state index contributed by atoms with van der Waals surface area (Å²) >= 11 is 0. The lowest BCUT2D eigenvalue weighted by atomic mass is 9.85. The molecule has 0 aliphatic heterocycles. The highest BCUT2D eigenvalue weighted by Crippen LogP contribution is 2.25. The first-order valence-corrected chi connectivity index (χ1v) is 6.00. The number of hydrogen-bond donors (Lipinski definition) is 2. The summed E-state index contributed by atoms with van der Waals surface area (Å²) in [4.78, 5) is 0. The first-order chi connectivity index (χ1) is 8.16. The predicted molar refractivity (Wildman–Crippen MR) is 61.5 cm³/mol. The summed E-state index contributed by atoms with van der Waals surface area (Å²) in [5.41, 5.74) is 0.0195. The van der Waals surface area contributed by atoms with E-state index in [2.05, 4.69) is 5.32 Å². The van der Waals surface area contributed by atoms with Gasteiger partial charge in [0, 0.05) is 12.1 Å². The number of aliphatic hydroxyl groups excluding tert-OH is 1. The second kappa shape index (κ2) is 5.56. The van der Waals surface area contributed by atoms with E-state index in [0.29, 0.717) is 5.92 Å². The third-order valence-electron chi connectivity index (χ3n) is 3.31. The Morgan fingerprint density at radius 2 is 2.12 bits per heavy atom. The molecule has 1 atom stereocenters. The molecule has 0 spiro atoms. The smallest absolute Gasteiger partial charge is 0.129 e. The van der Waals surface area contributed by atoms with Crippen molar-refractivity contribution in [3.05, 3.63) is 35.4 Å². The molecule has 1 aliphatic carbocycles. The average molecular weight is 241 g/mol. The molecule has 1 fully saturated rings. The Morgan fingerprint density at radius 1 is 1.35 bits per heavy atom. The van der Waals surface area contributed by atoms with Gasteiger partial charge in [-0.3, -0.25) is 0 Å². The van der Waals surface area contributed by atoms with Crippen LogP contribution in [-0.2, 0) is 0 Å². The van der Waals surface area contributed by atoms with E-state index in [4.69, 9.17) is 0 Å². The molecule has 1 unspecified atom stereocenters. The normalized spacial score (nSPS) is 17.8.